The van der Waals surface area contributed by atoms with Gasteiger partial charge in [0, 0.05) is 12.3 Å². The monoisotopic (exact) mass is 264 g/mol. The molecule has 1 aliphatic rings. The molecule has 1 aromatic carbocycles. The number of ether oxygens (including phenoxy) is 1. The fourth-order valence-electron chi connectivity index (χ4n) is 2.21. The number of halogens is 1. The molecule has 3 nitrogen and oxygen atoms in total. The quantitative estimate of drug-likeness (QED) is 0.741. The number of benzene rings is 1. The Hall–Kier alpha value is -1.71. The number of esters is 1. The number of hydrogen-bond acceptors (Lipinski definition) is 3. The molecular formula is C15H17FO3. The molecule has 1 aromatic rings. The highest BCUT2D eigenvalue weighted by Gasteiger charge is 2.48. The standard InChI is InChI=1S/C15H17FO3/c1-2-19-15(18)13-9-12(13)14(17)7-6-10-4-3-5-11(16)8-10/h3-5,8,12-13H,2,6-7,9H2,1H3/t12-,13-/m0/s1. The van der Waals surface area contributed by atoms with E-state index in [-0.39, 0.29) is 29.4 Å². The van der Waals surface area contributed by atoms with Gasteiger partial charge in [0.05, 0.1) is 12.5 Å². The van der Waals surface area contributed by atoms with Crippen LogP contribution in [-0.2, 0) is 20.7 Å². The van der Waals surface area contributed by atoms with E-state index in [1.165, 1.54) is 12.1 Å². The molecular weight excluding hydrogens is 247 g/mol. The van der Waals surface area contributed by atoms with E-state index in [4.69, 9.17) is 4.74 Å². The van der Waals surface area contributed by atoms with E-state index < -0.39 is 0 Å². The van der Waals surface area contributed by atoms with Gasteiger partial charge in [-0.1, -0.05) is 12.1 Å². The number of rotatable bonds is 6. The molecule has 2 atom stereocenters. The molecule has 0 spiro atoms. The van der Waals surface area contributed by atoms with Crippen LogP contribution in [0.5, 0.6) is 0 Å². The van der Waals surface area contributed by atoms with Crippen LogP contribution in [0, 0.1) is 17.7 Å². The average Bonchev–Trinajstić information content (AvgIpc) is 3.17. The van der Waals surface area contributed by atoms with E-state index in [2.05, 4.69) is 0 Å². The first kappa shape index (κ1) is 13.7. The lowest BCUT2D eigenvalue weighted by Crippen LogP contribution is -2.12. The van der Waals surface area contributed by atoms with E-state index in [1.54, 1.807) is 19.1 Å². The SMILES string of the molecule is CCOC(=O)[C@H]1C[C@@H]1C(=O)CCc1cccc(F)c1. The van der Waals surface area contributed by atoms with Crippen LogP contribution in [0.4, 0.5) is 4.39 Å². The summed E-state index contributed by atoms with van der Waals surface area (Å²) in [5.74, 6) is -0.928. The molecule has 0 radical (unpaired) electrons. The van der Waals surface area contributed by atoms with Gasteiger partial charge in [0.25, 0.3) is 0 Å². The van der Waals surface area contributed by atoms with Crippen molar-refractivity contribution >= 4 is 11.8 Å². The Labute approximate surface area is 111 Å². The van der Waals surface area contributed by atoms with Crippen molar-refractivity contribution in [1.82, 2.24) is 0 Å². The first-order chi connectivity index (χ1) is 9.11. The Bertz CT molecular complexity index is 484. The van der Waals surface area contributed by atoms with Crippen molar-refractivity contribution < 1.29 is 18.7 Å². The number of hydrogen-bond donors (Lipinski definition) is 0. The molecule has 4 heteroatoms. The maximum atomic E-state index is 13.0. The zero-order valence-electron chi connectivity index (χ0n) is 10.9. The first-order valence-electron chi connectivity index (χ1n) is 6.55. The third kappa shape index (κ3) is 3.63. The normalized spacial score (nSPS) is 20.9. The molecule has 0 aliphatic heterocycles. The Morgan fingerprint density at radius 1 is 1.37 bits per heavy atom. The van der Waals surface area contributed by atoms with Gasteiger partial charge in [0.15, 0.2) is 0 Å². The molecule has 19 heavy (non-hydrogen) atoms. The van der Waals surface area contributed by atoms with Crippen LogP contribution in [0.25, 0.3) is 0 Å². The predicted molar refractivity (Wildman–Crippen MR) is 68.0 cm³/mol. The van der Waals surface area contributed by atoms with Crippen LogP contribution in [0.2, 0.25) is 0 Å². The lowest BCUT2D eigenvalue weighted by molar-refractivity contribution is -0.145. The van der Waals surface area contributed by atoms with E-state index in [0.717, 1.165) is 5.56 Å². The van der Waals surface area contributed by atoms with Crippen LogP contribution in [0.15, 0.2) is 24.3 Å². The fraction of sp³-hybridized carbons (Fsp3) is 0.467. The van der Waals surface area contributed by atoms with E-state index >= 15 is 0 Å². The maximum Gasteiger partial charge on any atom is 0.309 e. The second kappa shape index (κ2) is 5.95. The van der Waals surface area contributed by atoms with Crippen molar-refractivity contribution in [2.75, 3.05) is 6.61 Å². The van der Waals surface area contributed by atoms with Crippen molar-refractivity contribution in [1.29, 1.82) is 0 Å². The summed E-state index contributed by atoms with van der Waals surface area (Å²) in [7, 11) is 0. The summed E-state index contributed by atoms with van der Waals surface area (Å²) in [5.41, 5.74) is 0.807. The molecule has 0 aromatic heterocycles. The topological polar surface area (TPSA) is 43.4 Å². The Kier molecular flexibility index (Phi) is 4.30. The fourth-order valence-corrected chi connectivity index (χ4v) is 2.21. The van der Waals surface area contributed by atoms with Crippen LogP contribution in [0.1, 0.15) is 25.3 Å². The smallest absolute Gasteiger partial charge is 0.309 e. The third-order valence-electron chi connectivity index (χ3n) is 3.34. The van der Waals surface area contributed by atoms with Gasteiger partial charge >= 0.3 is 5.97 Å². The molecule has 0 saturated heterocycles. The number of ketones is 1. The minimum atomic E-state index is -0.291. The number of carbonyl (C=O) groups excluding carboxylic acids is 2. The maximum absolute atomic E-state index is 13.0. The minimum Gasteiger partial charge on any atom is -0.466 e. The van der Waals surface area contributed by atoms with Crippen molar-refractivity contribution in [3.05, 3.63) is 35.6 Å². The number of carbonyl (C=O) groups is 2. The number of aryl methyl sites for hydroxylation is 1. The first-order valence-corrected chi connectivity index (χ1v) is 6.55. The zero-order chi connectivity index (χ0) is 13.8. The van der Waals surface area contributed by atoms with Crippen molar-refractivity contribution in [2.45, 2.75) is 26.2 Å². The van der Waals surface area contributed by atoms with Crippen LogP contribution < -0.4 is 0 Å². The molecule has 102 valence electrons. The highest BCUT2D eigenvalue weighted by Crippen LogP contribution is 2.41. The Morgan fingerprint density at radius 2 is 2.16 bits per heavy atom. The van der Waals surface area contributed by atoms with Crippen LogP contribution >= 0.6 is 0 Å². The Balaban J connectivity index is 1.79. The third-order valence-corrected chi connectivity index (χ3v) is 3.34. The summed E-state index contributed by atoms with van der Waals surface area (Å²) in [6.45, 7) is 2.10. The summed E-state index contributed by atoms with van der Waals surface area (Å²) in [5, 5.41) is 0. The molecule has 2 rings (SSSR count). The van der Waals surface area contributed by atoms with Gasteiger partial charge in [-0.2, -0.15) is 0 Å². The molecule has 0 N–H and O–H groups in total. The van der Waals surface area contributed by atoms with Gasteiger partial charge < -0.3 is 4.74 Å². The summed E-state index contributed by atoms with van der Waals surface area (Å²) in [6, 6.07) is 6.24. The van der Waals surface area contributed by atoms with Crippen LogP contribution in [-0.4, -0.2) is 18.4 Å². The van der Waals surface area contributed by atoms with Gasteiger partial charge in [0.1, 0.15) is 11.6 Å². The van der Waals surface area contributed by atoms with E-state index in [9.17, 15) is 14.0 Å². The van der Waals surface area contributed by atoms with Gasteiger partial charge in [-0.3, -0.25) is 9.59 Å². The van der Waals surface area contributed by atoms with E-state index in [1.807, 2.05) is 0 Å². The van der Waals surface area contributed by atoms with Gasteiger partial charge in [0.2, 0.25) is 0 Å². The molecule has 0 amide bonds. The summed E-state index contributed by atoms with van der Waals surface area (Å²) in [6.07, 6.45) is 1.47. The molecule has 1 saturated carbocycles. The van der Waals surface area contributed by atoms with Crippen molar-refractivity contribution in [3.63, 3.8) is 0 Å². The molecule has 0 heterocycles. The Morgan fingerprint density at radius 3 is 2.84 bits per heavy atom. The zero-order valence-corrected chi connectivity index (χ0v) is 10.9. The number of Topliss-reactive ketones (excluding diaryl/α,β-unsaturated/α-hetero) is 1. The lowest BCUT2D eigenvalue weighted by atomic mass is 10.0. The largest absolute Gasteiger partial charge is 0.466 e. The van der Waals surface area contributed by atoms with Crippen molar-refractivity contribution in [3.8, 4) is 0 Å². The highest BCUT2D eigenvalue weighted by molar-refractivity contribution is 5.91. The molecule has 0 unspecified atom stereocenters. The van der Waals surface area contributed by atoms with Gasteiger partial charge in [-0.05, 0) is 37.5 Å². The van der Waals surface area contributed by atoms with Crippen molar-refractivity contribution in [2.24, 2.45) is 11.8 Å². The second-order valence-corrected chi connectivity index (χ2v) is 4.80. The second-order valence-electron chi connectivity index (χ2n) is 4.80. The average molecular weight is 264 g/mol. The lowest BCUT2D eigenvalue weighted by Gasteiger charge is -2.02. The van der Waals surface area contributed by atoms with Gasteiger partial charge in [-0.25, -0.2) is 4.39 Å². The van der Waals surface area contributed by atoms with E-state index in [0.29, 0.717) is 25.9 Å². The predicted octanol–water partition coefficient (Wildman–Crippen LogP) is 2.53. The summed E-state index contributed by atoms with van der Waals surface area (Å²) in [4.78, 5) is 23.3. The molecule has 0 bridgehead atoms. The van der Waals surface area contributed by atoms with Gasteiger partial charge in [-0.15, -0.1) is 0 Å². The molecule has 1 fully saturated rings. The molecule has 1 aliphatic carbocycles. The highest BCUT2D eigenvalue weighted by atomic mass is 19.1. The summed E-state index contributed by atoms with van der Waals surface area (Å²) < 4.78 is 17.9. The summed E-state index contributed by atoms with van der Waals surface area (Å²) >= 11 is 0. The minimum absolute atomic E-state index is 0.0716. The van der Waals surface area contributed by atoms with Crippen LogP contribution in [0.3, 0.4) is 0 Å².